The van der Waals surface area contributed by atoms with Gasteiger partial charge in [-0.25, -0.2) is 0 Å². The lowest BCUT2D eigenvalue weighted by molar-refractivity contribution is 0.213. The van der Waals surface area contributed by atoms with E-state index in [2.05, 4.69) is 42.9 Å². The molecule has 0 radical (unpaired) electrons. The van der Waals surface area contributed by atoms with Crippen LogP contribution in [0.25, 0.3) is 0 Å². The molecule has 1 aliphatic heterocycles. The highest BCUT2D eigenvalue weighted by Crippen LogP contribution is 2.34. The van der Waals surface area contributed by atoms with Crippen molar-refractivity contribution in [3.05, 3.63) is 0 Å². The summed E-state index contributed by atoms with van der Waals surface area (Å²) in [6.07, 6.45) is 7.07. The van der Waals surface area contributed by atoms with Gasteiger partial charge in [0.2, 0.25) is 0 Å². The molecule has 2 aliphatic rings. The molecule has 0 spiro atoms. The van der Waals surface area contributed by atoms with Crippen LogP contribution in [-0.2, 0) is 0 Å². The first-order valence-electron chi connectivity index (χ1n) is 7.61. The molecule has 0 aromatic heterocycles. The van der Waals surface area contributed by atoms with Crippen LogP contribution in [0.2, 0.25) is 0 Å². The van der Waals surface area contributed by atoms with Crippen molar-refractivity contribution in [3.63, 3.8) is 0 Å². The molecule has 3 heteroatoms. The largest absolute Gasteiger partial charge is 0.311 e. The first-order valence-corrected chi connectivity index (χ1v) is 8.76. The minimum Gasteiger partial charge on any atom is -0.311 e. The fourth-order valence-electron chi connectivity index (χ4n) is 3.21. The summed E-state index contributed by atoms with van der Waals surface area (Å²) in [6.45, 7) is 7.21. The molecule has 1 unspecified atom stereocenters. The first kappa shape index (κ1) is 14.7. The van der Waals surface area contributed by atoms with E-state index in [0.29, 0.717) is 11.5 Å². The zero-order chi connectivity index (χ0) is 13.0. The van der Waals surface area contributed by atoms with Gasteiger partial charge in [0, 0.05) is 30.9 Å². The van der Waals surface area contributed by atoms with Gasteiger partial charge in [-0.3, -0.25) is 0 Å². The van der Waals surface area contributed by atoms with E-state index < -0.39 is 0 Å². The van der Waals surface area contributed by atoms with E-state index in [0.717, 1.165) is 12.6 Å². The number of likely N-dealkylation sites (N-methyl/N-ethyl adjacent to an activating group) is 1. The zero-order valence-corrected chi connectivity index (χ0v) is 13.2. The smallest absolute Gasteiger partial charge is 0.0210 e. The second kappa shape index (κ2) is 6.62. The Bertz CT molecular complexity index is 249. The highest BCUT2D eigenvalue weighted by atomic mass is 32.2. The Morgan fingerprint density at radius 3 is 2.67 bits per heavy atom. The lowest BCUT2D eigenvalue weighted by atomic mass is 9.82. The van der Waals surface area contributed by atoms with Crippen LogP contribution in [0.1, 0.15) is 46.0 Å². The molecule has 1 heterocycles. The average Bonchev–Trinajstić information content (AvgIpc) is 2.84. The second-order valence-electron chi connectivity index (χ2n) is 6.74. The summed E-state index contributed by atoms with van der Waals surface area (Å²) in [6, 6.07) is 1.56. The van der Waals surface area contributed by atoms with Gasteiger partial charge in [-0.15, -0.1) is 0 Å². The molecule has 1 N–H and O–H groups in total. The van der Waals surface area contributed by atoms with Gasteiger partial charge >= 0.3 is 0 Å². The van der Waals surface area contributed by atoms with Crippen LogP contribution in [-0.4, -0.2) is 48.6 Å². The maximum atomic E-state index is 3.80. The maximum Gasteiger partial charge on any atom is 0.0210 e. The molecule has 1 saturated heterocycles. The van der Waals surface area contributed by atoms with Crippen molar-refractivity contribution in [1.29, 1.82) is 0 Å². The summed E-state index contributed by atoms with van der Waals surface area (Å²) in [4.78, 5) is 2.57. The van der Waals surface area contributed by atoms with E-state index in [9.17, 15) is 0 Å². The Balaban J connectivity index is 1.67. The number of nitrogens with one attached hydrogen (secondary N) is 1. The molecule has 2 rings (SSSR count). The van der Waals surface area contributed by atoms with Gasteiger partial charge in [0.25, 0.3) is 0 Å². The van der Waals surface area contributed by atoms with Gasteiger partial charge in [0.1, 0.15) is 0 Å². The van der Waals surface area contributed by atoms with Crippen molar-refractivity contribution in [2.45, 2.75) is 58.0 Å². The molecule has 1 saturated carbocycles. The minimum absolute atomic E-state index is 0.483. The second-order valence-corrected chi connectivity index (χ2v) is 7.89. The molecule has 0 aromatic rings. The Hall–Kier alpha value is 0.270. The van der Waals surface area contributed by atoms with Gasteiger partial charge in [-0.1, -0.05) is 26.7 Å². The van der Waals surface area contributed by atoms with E-state index >= 15 is 0 Å². The van der Waals surface area contributed by atoms with E-state index in [1.54, 1.807) is 0 Å². The highest BCUT2D eigenvalue weighted by Gasteiger charge is 2.32. The topological polar surface area (TPSA) is 15.3 Å². The zero-order valence-electron chi connectivity index (χ0n) is 12.4. The monoisotopic (exact) mass is 270 g/mol. The van der Waals surface area contributed by atoms with Crippen LogP contribution in [0.3, 0.4) is 0 Å². The molecular formula is C15H30N2S. The number of thioether (sulfide) groups is 1. The van der Waals surface area contributed by atoms with Crippen LogP contribution >= 0.6 is 11.8 Å². The summed E-state index contributed by atoms with van der Waals surface area (Å²) in [5.41, 5.74) is 0.483. The Kier molecular flexibility index (Phi) is 5.40. The number of nitrogens with zero attached hydrogens (tertiary/aromatic N) is 1. The summed E-state index contributed by atoms with van der Waals surface area (Å²) in [7, 11) is 2.30. The molecule has 0 aromatic carbocycles. The van der Waals surface area contributed by atoms with Crippen molar-refractivity contribution >= 4 is 11.8 Å². The third kappa shape index (κ3) is 3.88. The molecule has 1 aliphatic carbocycles. The number of hydrogen-bond acceptors (Lipinski definition) is 3. The predicted octanol–water partition coefficient (Wildman–Crippen LogP) is 2.98. The first-order chi connectivity index (χ1) is 8.59. The molecule has 0 bridgehead atoms. The molecule has 2 nitrogen and oxygen atoms in total. The molecule has 0 amide bonds. The Labute approximate surface area is 117 Å². The molecular weight excluding hydrogens is 240 g/mol. The Morgan fingerprint density at radius 1 is 1.28 bits per heavy atom. The van der Waals surface area contributed by atoms with E-state index in [1.165, 1.54) is 50.2 Å². The third-order valence-corrected chi connectivity index (χ3v) is 5.98. The average molecular weight is 270 g/mol. The number of rotatable bonds is 5. The standard InChI is InChI=1S/C15H30N2S/c1-15(2)8-11-18-12-14(15)16-9-10-17(3)13-6-4-5-7-13/h13-14,16H,4-12H2,1-3H3. The Morgan fingerprint density at radius 2 is 2.00 bits per heavy atom. The summed E-state index contributed by atoms with van der Waals surface area (Å²) in [5.74, 6) is 2.63. The molecule has 1 atom stereocenters. The normalized spacial score (nSPS) is 29.0. The fourth-order valence-corrected chi connectivity index (χ4v) is 4.86. The minimum atomic E-state index is 0.483. The maximum absolute atomic E-state index is 3.80. The lowest BCUT2D eigenvalue weighted by Gasteiger charge is -2.39. The fraction of sp³-hybridized carbons (Fsp3) is 1.00. The van der Waals surface area contributed by atoms with Crippen molar-refractivity contribution in [2.75, 3.05) is 31.6 Å². The van der Waals surface area contributed by atoms with Crippen molar-refractivity contribution in [2.24, 2.45) is 5.41 Å². The molecule has 2 fully saturated rings. The van der Waals surface area contributed by atoms with Crippen molar-refractivity contribution in [1.82, 2.24) is 10.2 Å². The third-order valence-electron chi connectivity index (χ3n) is 4.92. The predicted molar refractivity (Wildman–Crippen MR) is 82.4 cm³/mol. The van der Waals surface area contributed by atoms with Crippen LogP contribution in [0, 0.1) is 5.41 Å². The van der Waals surface area contributed by atoms with Crippen LogP contribution < -0.4 is 5.32 Å². The van der Waals surface area contributed by atoms with Gasteiger partial charge in [-0.05, 0) is 37.5 Å². The lowest BCUT2D eigenvalue weighted by Crippen LogP contribution is -2.49. The van der Waals surface area contributed by atoms with E-state index in [1.807, 2.05) is 0 Å². The summed E-state index contributed by atoms with van der Waals surface area (Å²) < 4.78 is 0. The SMILES string of the molecule is CN(CCNC1CSCCC1(C)C)C1CCCC1. The summed E-state index contributed by atoms with van der Waals surface area (Å²) in [5, 5.41) is 3.80. The van der Waals surface area contributed by atoms with Crippen LogP contribution in [0.4, 0.5) is 0 Å². The van der Waals surface area contributed by atoms with E-state index in [-0.39, 0.29) is 0 Å². The van der Waals surface area contributed by atoms with Gasteiger partial charge in [-0.2, -0.15) is 11.8 Å². The van der Waals surface area contributed by atoms with Gasteiger partial charge in [0.05, 0.1) is 0 Å². The molecule has 18 heavy (non-hydrogen) atoms. The van der Waals surface area contributed by atoms with Gasteiger partial charge < -0.3 is 10.2 Å². The van der Waals surface area contributed by atoms with Gasteiger partial charge in [0.15, 0.2) is 0 Å². The van der Waals surface area contributed by atoms with Crippen molar-refractivity contribution in [3.8, 4) is 0 Å². The number of hydrogen-bond donors (Lipinski definition) is 1. The van der Waals surface area contributed by atoms with Crippen molar-refractivity contribution < 1.29 is 0 Å². The van der Waals surface area contributed by atoms with Crippen LogP contribution in [0.15, 0.2) is 0 Å². The summed E-state index contributed by atoms with van der Waals surface area (Å²) >= 11 is 2.11. The van der Waals surface area contributed by atoms with E-state index in [4.69, 9.17) is 0 Å². The van der Waals surface area contributed by atoms with Crippen LogP contribution in [0.5, 0.6) is 0 Å². The highest BCUT2D eigenvalue weighted by molar-refractivity contribution is 7.99. The quantitative estimate of drug-likeness (QED) is 0.827. The molecule has 106 valence electrons.